The Kier molecular flexibility index (Phi) is 5.39. The summed E-state index contributed by atoms with van der Waals surface area (Å²) in [5, 5.41) is 3.43. The lowest BCUT2D eigenvalue weighted by Gasteiger charge is -2.25. The van der Waals surface area contributed by atoms with Crippen molar-refractivity contribution < 1.29 is 4.42 Å². The highest BCUT2D eigenvalue weighted by molar-refractivity contribution is 5.21. The fraction of sp³-hybridized carbons (Fsp3) is 0.412. The molecule has 0 aliphatic rings. The summed E-state index contributed by atoms with van der Waals surface area (Å²) in [4.78, 5) is 2.36. The second-order valence-electron chi connectivity index (χ2n) is 5.46. The predicted octanol–water partition coefficient (Wildman–Crippen LogP) is 3.20. The SMILES string of the molecule is Cc1ccc(CN(C)C(C)CNCc2ccco2)cc1. The molecule has 0 fully saturated rings. The maximum absolute atomic E-state index is 5.31. The first kappa shape index (κ1) is 14.8. The van der Waals surface area contributed by atoms with E-state index in [0.717, 1.165) is 25.4 Å². The molecule has 0 bridgehead atoms. The minimum absolute atomic E-state index is 0.478. The monoisotopic (exact) mass is 272 g/mol. The third-order valence-corrected chi connectivity index (χ3v) is 3.62. The molecule has 0 aliphatic heterocycles. The molecule has 3 heteroatoms. The first-order valence-electron chi connectivity index (χ1n) is 7.14. The fourth-order valence-corrected chi connectivity index (χ4v) is 2.11. The van der Waals surface area contributed by atoms with E-state index in [0.29, 0.717) is 6.04 Å². The van der Waals surface area contributed by atoms with Crippen LogP contribution in [-0.2, 0) is 13.1 Å². The highest BCUT2D eigenvalue weighted by Gasteiger charge is 2.09. The van der Waals surface area contributed by atoms with Crippen molar-refractivity contribution in [3.63, 3.8) is 0 Å². The van der Waals surface area contributed by atoms with Crippen LogP contribution in [0.1, 0.15) is 23.8 Å². The van der Waals surface area contributed by atoms with Gasteiger partial charge in [0, 0.05) is 19.1 Å². The first-order chi connectivity index (χ1) is 9.65. The summed E-state index contributed by atoms with van der Waals surface area (Å²) in [5.74, 6) is 0.985. The van der Waals surface area contributed by atoms with Gasteiger partial charge in [0.25, 0.3) is 0 Å². The van der Waals surface area contributed by atoms with Crippen LogP contribution in [-0.4, -0.2) is 24.5 Å². The number of nitrogens with zero attached hydrogens (tertiary/aromatic N) is 1. The van der Waals surface area contributed by atoms with Crippen LogP contribution in [0.5, 0.6) is 0 Å². The molecule has 0 saturated carbocycles. The molecule has 3 nitrogen and oxygen atoms in total. The summed E-state index contributed by atoms with van der Waals surface area (Å²) >= 11 is 0. The summed E-state index contributed by atoms with van der Waals surface area (Å²) in [5.41, 5.74) is 2.67. The molecule has 2 rings (SSSR count). The molecule has 20 heavy (non-hydrogen) atoms. The van der Waals surface area contributed by atoms with Gasteiger partial charge in [-0.1, -0.05) is 29.8 Å². The van der Waals surface area contributed by atoms with Crippen molar-refractivity contribution in [3.05, 3.63) is 59.5 Å². The fourth-order valence-electron chi connectivity index (χ4n) is 2.11. The highest BCUT2D eigenvalue weighted by Crippen LogP contribution is 2.08. The minimum atomic E-state index is 0.478. The lowest BCUT2D eigenvalue weighted by atomic mass is 10.1. The van der Waals surface area contributed by atoms with Crippen molar-refractivity contribution in [2.75, 3.05) is 13.6 Å². The van der Waals surface area contributed by atoms with Crippen LogP contribution in [0.25, 0.3) is 0 Å². The van der Waals surface area contributed by atoms with Gasteiger partial charge in [-0.05, 0) is 38.6 Å². The zero-order valence-corrected chi connectivity index (χ0v) is 12.6. The van der Waals surface area contributed by atoms with E-state index in [9.17, 15) is 0 Å². The van der Waals surface area contributed by atoms with Crippen LogP contribution >= 0.6 is 0 Å². The van der Waals surface area contributed by atoms with Crippen molar-refractivity contribution in [1.82, 2.24) is 10.2 Å². The van der Waals surface area contributed by atoms with Crippen LogP contribution < -0.4 is 5.32 Å². The van der Waals surface area contributed by atoms with Gasteiger partial charge in [-0.2, -0.15) is 0 Å². The van der Waals surface area contributed by atoms with Crippen molar-refractivity contribution in [2.45, 2.75) is 33.0 Å². The van der Waals surface area contributed by atoms with Crippen molar-refractivity contribution in [2.24, 2.45) is 0 Å². The molecule has 0 spiro atoms. The zero-order valence-electron chi connectivity index (χ0n) is 12.6. The zero-order chi connectivity index (χ0) is 14.4. The average molecular weight is 272 g/mol. The van der Waals surface area contributed by atoms with E-state index >= 15 is 0 Å². The molecule has 1 heterocycles. The Morgan fingerprint density at radius 2 is 1.95 bits per heavy atom. The van der Waals surface area contributed by atoms with Gasteiger partial charge in [0.1, 0.15) is 5.76 Å². The number of furan rings is 1. The summed E-state index contributed by atoms with van der Waals surface area (Å²) in [6, 6.07) is 13.1. The Balaban J connectivity index is 1.73. The van der Waals surface area contributed by atoms with Crippen LogP contribution in [0.2, 0.25) is 0 Å². The topological polar surface area (TPSA) is 28.4 Å². The van der Waals surface area contributed by atoms with Crippen LogP contribution in [0.4, 0.5) is 0 Å². The van der Waals surface area contributed by atoms with Gasteiger partial charge < -0.3 is 9.73 Å². The first-order valence-corrected chi connectivity index (χ1v) is 7.14. The standard InChI is InChI=1S/C17H24N2O/c1-14-6-8-16(9-7-14)13-19(3)15(2)11-18-12-17-5-4-10-20-17/h4-10,15,18H,11-13H2,1-3H3. The van der Waals surface area contributed by atoms with Gasteiger partial charge in [0.15, 0.2) is 0 Å². The minimum Gasteiger partial charge on any atom is -0.468 e. The van der Waals surface area contributed by atoms with Gasteiger partial charge in [-0.25, -0.2) is 0 Å². The smallest absolute Gasteiger partial charge is 0.117 e. The van der Waals surface area contributed by atoms with Crippen LogP contribution in [0, 0.1) is 6.92 Å². The number of likely N-dealkylation sites (N-methyl/N-ethyl adjacent to an activating group) is 1. The lowest BCUT2D eigenvalue weighted by Crippen LogP contribution is -2.37. The highest BCUT2D eigenvalue weighted by atomic mass is 16.3. The molecular weight excluding hydrogens is 248 g/mol. The van der Waals surface area contributed by atoms with Gasteiger partial charge in [-0.15, -0.1) is 0 Å². The largest absolute Gasteiger partial charge is 0.468 e. The third kappa shape index (κ3) is 4.51. The van der Waals surface area contributed by atoms with Crippen molar-refractivity contribution in [3.8, 4) is 0 Å². The Bertz CT molecular complexity index is 490. The van der Waals surface area contributed by atoms with E-state index in [2.05, 4.69) is 55.4 Å². The predicted molar refractivity (Wildman–Crippen MR) is 82.5 cm³/mol. The molecule has 2 aromatic rings. The Morgan fingerprint density at radius 1 is 1.20 bits per heavy atom. The molecule has 1 aromatic heterocycles. The number of nitrogens with one attached hydrogen (secondary N) is 1. The van der Waals surface area contributed by atoms with Gasteiger partial charge >= 0.3 is 0 Å². The third-order valence-electron chi connectivity index (χ3n) is 3.62. The lowest BCUT2D eigenvalue weighted by molar-refractivity contribution is 0.241. The molecular formula is C17H24N2O. The Labute approximate surface area is 121 Å². The van der Waals surface area contributed by atoms with Gasteiger partial charge in [0.05, 0.1) is 12.8 Å². The van der Waals surface area contributed by atoms with E-state index in [4.69, 9.17) is 4.42 Å². The molecule has 108 valence electrons. The van der Waals surface area contributed by atoms with E-state index in [1.165, 1.54) is 11.1 Å². The summed E-state index contributed by atoms with van der Waals surface area (Å²) < 4.78 is 5.31. The van der Waals surface area contributed by atoms with Crippen molar-refractivity contribution in [1.29, 1.82) is 0 Å². The molecule has 0 saturated heterocycles. The van der Waals surface area contributed by atoms with Gasteiger partial charge in [-0.3, -0.25) is 4.90 Å². The van der Waals surface area contributed by atoms with Crippen LogP contribution in [0.3, 0.4) is 0 Å². The maximum Gasteiger partial charge on any atom is 0.117 e. The number of aryl methyl sites for hydroxylation is 1. The molecule has 1 aromatic carbocycles. The molecule has 0 amide bonds. The second kappa shape index (κ2) is 7.27. The second-order valence-corrected chi connectivity index (χ2v) is 5.46. The number of benzene rings is 1. The molecule has 1 N–H and O–H groups in total. The van der Waals surface area contributed by atoms with E-state index in [-0.39, 0.29) is 0 Å². The van der Waals surface area contributed by atoms with E-state index in [1.54, 1.807) is 6.26 Å². The molecule has 0 aliphatic carbocycles. The molecule has 1 unspecified atom stereocenters. The normalized spacial score (nSPS) is 12.8. The number of rotatable bonds is 7. The molecule has 0 radical (unpaired) electrons. The Morgan fingerprint density at radius 3 is 2.60 bits per heavy atom. The number of hydrogen-bond acceptors (Lipinski definition) is 3. The Hall–Kier alpha value is -1.58. The van der Waals surface area contributed by atoms with E-state index in [1.807, 2.05) is 12.1 Å². The number of hydrogen-bond donors (Lipinski definition) is 1. The van der Waals surface area contributed by atoms with E-state index < -0.39 is 0 Å². The quantitative estimate of drug-likeness (QED) is 0.839. The van der Waals surface area contributed by atoms with Crippen LogP contribution in [0.15, 0.2) is 47.1 Å². The molecule has 1 atom stereocenters. The summed E-state index contributed by atoms with van der Waals surface area (Å²) in [6.45, 7) is 7.07. The van der Waals surface area contributed by atoms with Crippen molar-refractivity contribution >= 4 is 0 Å². The maximum atomic E-state index is 5.31. The average Bonchev–Trinajstić information content (AvgIpc) is 2.94. The summed E-state index contributed by atoms with van der Waals surface area (Å²) in [6.07, 6.45) is 1.71. The van der Waals surface area contributed by atoms with Gasteiger partial charge in [0.2, 0.25) is 0 Å². The summed E-state index contributed by atoms with van der Waals surface area (Å²) in [7, 11) is 2.17.